The van der Waals surface area contributed by atoms with Gasteiger partial charge in [-0.3, -0.25) is 4.79 Å². The van der Waals surface area contributed by atoms with Gasteiger partial charge in [-0.25, -0.2) is 0 Å². The van der Waals surface area contributed by atoms with Crippen molar-refractivity contribution < 1.29 is 14.3 Å². The van der Waals surface area contributed by atoms with E-state index in [0.717, 1.165) is 19.4 Å². The first-order valence-corrected chi connectivity index (χ1v) is 5.52. The van der Waals surface area contributed by atoms with E-state index in [-0.39, 0.29) is 5.97 Å². The molecule has 0 aromatic rings. The van der Waals surface area contributed by atoms with Crippen molar-refractivity contribution >= 4 is 5.97 Å². The number of carbonyl (C=O) groups is 1. The molecule has 0 aromatic carbocycles. The minimum Gasteiger partial charge on any atom is -0.465 e. The third-order valence-corrected chi connectivity index (χ3v) is 2.32. The first-order valence-electron chi connectivity index (χ1n) is 5.52. The zero-order valence-corrected chi connectivity index (χ0v) is 10.3. The molecule has 0 bridgehead atoms. The highest BCUT2D eigenvalue weighted by atomic mass is 16.5. The number of hydrogen-bond acceptors (Lipinski definition) is 4. The molecule has 0 heterocycles. The van der Waals surface area contributed by atoms with Gasteiger partial charge in [0, 0.05) is 13.7 Å². The summed E-state index contributed by atoms with van der Waals surface area (Å²) in [4.78, 5) is 11.7. The van der Waals surface area contributed by atoms with Crippen LogP contribution in [0.15, 0.2) is 0 Å². The number of likely N-dealkylation sites (N-methyl/N-ethyl adjacent to an activating group) is 1. The number of esters is 1. The van der Waals surface area contributed by atoms with E-state index in [1.165, 1.54) is 0 Å². The minimum absolute atomic E-state index is 0.178. The number of hydrogen-bond donors (Lipinski definition) is 1. The Morgan fingerprint density at radius 3 is 2.53 bits per heavy atom. The number of carbonyl (C=O) groups excluding carboxylic acids is 1. The topological polar surface area (TPSA) is 47.6 Å². The Morgan fingerprint density at radius 2 is 2.07 bits per heavy atom. The van der Waals surface area contributed by atoms with Gasteiger partial charge in [0.15, 0.2) is 0 Å². The Kier molecular flexibility index (Phi) is 7.34. The molecule has 0 rings (SSSR count). The van der Waals surface area contributed by atoms with Crippen LogP contribution in [0.4, 0.5) is 0 Å². The van der Waals surface area contributed by atoms with Crippen LogP contribution >= 0.6 is 0 Å². The third-order valence-electron chi connectivity index (χ3n) is 2.32. The Morgan fingerprint density at radius 1 is 1.40 bits per heavy atom. The molecule has 0 spiro atoms. The average Bonchev–Trinajstić information content (AvgIpc) is 2.19. The van der Waals surface area contributed by atoms with Crippen LogP contribution in [0.3, 0.4) is 0 Å². The molecular weight excluding hydrogens is 194 g/mol. The Bertz CT molecular complexity index is 185. The summed E-state index contributed by atoms with van der Waals surface area (Å²) in [5.41, 5.74) is -0.580. The summed E-state index contributed by atoms with van der Waals surface area (Å²) in [6.07, 6.45) is 1.58. The molecule has 1 unspecified atom stereocenters. The van der Waals surface area contributed by atoms with Gasteiger partial charge < -0.3 is 14.8 Å². The van der Waals surface area contributed by atoms with E-state index in [9.17, 15) is 4.79 Å². The van der Waals surface area contributed by atoms with Crippen LogP contribution < -0.4 is 5.32 Å². The SMILES string of the molecule is CCNC(C)(CCCOC)C(=O)OCC. The van der Waals surface area contributed by atoms with Crippen molar-refractivity contribution in [3.63, 3.8) is 0 Å². The smallest absolute Gasteiger partial charge is 0.326 e. The molecule has 15 heavy (non-hydrogen) atoms. The molecule has 90 valence electrons. The lowest BCUT2D eigenvalue weighted by molar-refractivity contribution is -0.150. The quantitative estimate of drug-likeness (QED) is 0.492. The normalized spacial score (nSPS) is 14.7. The summed E-state index contributed by atoms with van der Waals surface area (Å²) in [5, 5.41) is 3.17. The summed E-state index contributed by atoms with van der Waals surface area (Å²) >= 11 is 0. The average molecular weight is 217 g/mol. The van der Waals surface area contributed by atoms with Gasteiger partial charge in [0.05, 0.1) is 6.61 Å². The molecule has 0 saturated heterocycles. The lowest BCUT2D eigenvalue weighted by Gasteiger charge is -2.27. The molecule has 0 radical (unpaired) electrons. The number of ether oxygens (including phenoxy) is 2. The van der Waals surface area contributed by atoms with E-state index in [4.69, 9.17) is 9.47 Å². The van der Waals surface area contributed by atoms with Gasteiger partial charge in [0.25, 0.3) is 0 Å². The van der Waals surface area contributed by atoms with Gasteiger partial charge in [-0.2, -0.15) is 0 Å². The zero-order valence-electron chi connectivity index (χ0n) is 10.3. The second-order valence-corrected chi connectivity index (χ2v) is 3.68. The monoisotopic (exact) mass is 217 g/mol. The van der Waals surface area contributed by atoms with Crippen molar-refractivity contribution in [3.05, 3.63) is 0 Å². The fraction of sp³-hybridized carbons (Fsp3) is 0.909. The van der Waals surface area contributed by atoms with Crippen LogP contribution in [0.5, 0.6) is 0 Å². The highest BCUT2D eigenvalue weighted by molar-refractivity contribution is 5.80. The fourth-order valence-electron chi connectivity index (χ4n) is 1.51. The van der Waals surface area contributed by atoms with Crippen LogP contribution in [0, 0.1) is 0 Å². The Balaban J connectivity index is 4.22. The van der Waals surface area contributed by atoms with Crippen LogP contribution in [0.1, 0.15) is 33.6 Å². The van der Waals surface area contributed by atoms with E-state index >= 15 is 0 Å². The lowest BCUT2D eigenvalue weighted by atomic mass is 9.96. The molecule has 1 atom stereocenters. The zero-order chi connectivity index (χ0) is 11.7. The van der Waals surface area contributed by atoms with Crippen molar-refractivity contribution in [1.82, 2.24) is 5.32 Å². The van der Waals surface area contributed by atoms with Crippen molar-refractivity contribution in [2.75, 3.05) is 26.9 Å². The van der Waals surface area contributed by atoms with Crippen LogP contribution in [-0.4, -0.2) is 38.4 Å². The van der Waals surface area contributed by atoms with Crippen molar-refractivity contribution in [2.24, 2.45) is 0 Å². The predicted molar refractivity (Wildman–Crippen MR) is 59.8 cm³/mol. The maximum absolute atomic E-state index is 11.7. The highest BCUT2D eigenvalue weighted by Crippen LogP contribution is 2.14. The first kappa shape index (κ1) is 14.4. The van der Waals surface area contributed by atoms with Gasteiger partial charge in [-0.15, -0.1) is 0 Å². The lowest BCUT2D eigenvalue weighted by Crippen LogP contribution is -2.50. The van der Waals surface area contributed by atoms with E-state index in [1.807, 2.05) is 20.8 Å². The van der Waals surface area contributed by atoms with Gasteiger partial charge in [0.2, 0.25) is 0 Å². The summed E-state index contributed by atoms with van der Waals surface area (Å²) in [6, 6.07) is 0. The van der Waals surface area contributed by atoms with E-state index in [1.54, 1.807) is 7.11 Å². The van der Waals surface area contributed by atoms with Crippen LogP contribution in [0.2, 0.25) is 0 Å². The largest absolute Gasteiger partial charge is 0.465 e. The van der Waals surface area contributed by atoms with Crippen LogP contribution in [-0.2, 0) is 14.3 Å². The molecule has 4 nitrogen and oxygen atoms in total. The molecule has 0 fully saturated rings. The summed E-state index contributed by atoms with van der Waals surface area (Å²) in [5.74, 6) is -0.178. The Hall–Kier alpha value is -0.610. The molecule has 0 amide bonds. The Labute approximate surface area is 92.3 Å². The number of nitrogens with one attached hydrogen (secondary N) is 1. The summed E-state index contributed by atoms with van der Waals surface area (Å²) < 4.78 is 10.0. The third kappa shape index (κ3) is 5.14. The standard InChI is InChI=1S/C11H23NO3/c1-5-12-11(3,8-7-9-14-4)10(13)15-6-2/h12H,5-9H2,1-4H3. The number of methoxy groups -OCH3 is 1. The summed E-state index contributed by atoms with van der Waals surface area (Å²) in [7, 11) is 1.66. The maximum Gasteiger partial charge on any atom is 0.326 e. The van der Waals surface area contributed by atoms with E-state index < -0.39 is 5.54 Å². The molecule has 0 aliphatic carbocycles. The molecule has 0 aliphatic rings. The van der Waals surface area contributed by atoms with Crippen molar-refractivity contribution in [3.8, 4) is 0 Å². The van der Waals surface area contributed by atoms with Gasteiger partial charge in [-0.1, -0.05) is 6.92 Å². The molecule has 4 heteroatoms. The van der Waals surface area contributed by atoms with E-state index in [0.29, 0.717) is 13.2 Å². The molecule has 0 aliphatic heterocycles. The second-order valence-electron chi connectivity index (χ2n) is 3.68. The van der Waals surface area contributed by atoms with Gasteiger partial charge in [0.1, 0.15) is 5.54 Å². The van der Waals surface area contributed by atoms with Crippen molar-refractivity contribution in [2.45, 2.75) is 39.2 Å². The van der Waals surface area contributed by atoms with Gasteiger partial charge >= 0.3 is 5.97 Å². The van der Waals surface area contributed by atoms with Gasteiger partial charge in [-0.05, 0) is 33.2 Å². The first-order chi connectivity index (χ1) is 7.10. The minimum atomic E-state index is -0.580. The van der Waals surface area contributed by atoms with E-state index in [2.05, 4.69) is 5.32 Å². The molecule has 0 aromatic heterocycles. The molecule has 0 saturated carbocycles. The molecule has 1 N–H and O–H groups in total. The molecular formula is C11H23NO3. The predicted octanol–water partition coefficient (Wildman–Crippen LogP) is 1.34. The number of rotatable bonds is 8. The highest BCUT2D eigenvalue weighted by Gasteiger charge is 2.32. The second kappa shape index (κ2) is 7.65. The maximum atomic E-state index is 11.7. The fourth-order valence-corrected chi connectivity index (χ4v) is 1.51. The summed E-state index contributed by atoms with van der Waals surface area (Å²) in [6.45, 7) is 7.52. The van der Waals surface area contributed by atoms with Crippen LogP contribution in [0.25, 0.3) is 0 Å². The van der Waals surface area contributed by atoms with Crippen molar-refractivity contribution in [1.29, 1.82) is 0 Å².